The Labute approximate surface area is 102 Å². The normalized spacial score (nSPS) is 11.9. The lowest BCUT2D eigenvalue weighted by Gasteiger charge is -2.11. The number of aryl methyl sites for hydroxylation is 1. The second-order valence-electron chi connectivity index (χ2n) is 4.31. The molecule has 0 fully saturated rings. The third-order valence-electron chi connectivity index (χ3n) is 2.25. The van der Waals surface area contributed by atoms with Crippen LogP contribution >= 0.6 is 0 Å². The number of nitrogens with zero attached hydrogens (tertiary/aromatic N) is 1. The van der Waals surface area contributed by atoms with Gasteiger partial charge in [-0.05, 0) is 24.6 Å². The average molecular weight is 236 g/mol. The van der Waals surface area contributed by atoms with Crippen LogP contribution in [0.5, 0.6) is 5.75 Å². The van der Waals surface area contributed by atoms with E-state index in [1.54, 1.807) is 0 Å². The molecule has 0 radical (unpaired) electrons. The standard InChI is InChI=1S/C13H20N2O2/c1-10(2)14-8-12(15-16)9-17-13-6-4-5-11(3)7-13/h4-7,10,14,16H,8-9H2,1-3H3/b15-12+. The van der Waals surface area contributed by atoms with Gasteiger partial charge >= 0.3 is 0 Å². The van der Waals surface area contributed by atoms with E-state index in [9.17, 15) is 0 Å². The number of ether oxygens (including phenoxy) is 1. The Kier molecular flexibility index (Phi) is 5.49. The fourth-order valence-electron chi connectivity index (χ4n) is 1.31. The van der Waals surface area contributed by atoms with Crippen molar-refractivity contribution in [2.75, 3.05) is 13.2 Å². The van der Waals surface area contributed by atoms with Crippen molar-refractivity contribution in [3.05, 3.63) is 29.8 Å². The first kappa shape index (κ1) is 13.5. The minimum atomic E-state index is 0.291. The van der Waals surface area contributed by atoms with Gasteiger partial charge in [-0.15, -0.1) is 0 Å². The second-order valence-corrected chi connectivity index (χ2v) is 4.31. The Morgan fingerprint density at radius 2 is 2.24 bits per heavy atom. The molecular formula is C13H20N2O2. The van der Waals surface area contributed by atoms with Crippen LogP contribution in [0.15, 0.2) is 29.4 Å². The summed E-state index contributed by atoms with van der Waals surface area (Å²) in [5.41, 5.74) is 1.73. The SMILES string of the molecule is Cc1cccc(OC/C(CNC(C)C)=N/O)c1. The van der Waals surface area contributed by atoms with Crippen molar-refractivity contribution in [3.8, 4) is 5.75 Å². The maximum atomic E-state index is 8.84. The number of rotatable bonds is 6. The van der Waals surface area contributed by atoms with E-state index in [4.69, 9.17) is 9.94 Å². The fraction of sp³-hybridized carbons (Fsp3) is 0.462. The van der Waals surface area contributed by atoms with E-state index in [-0.39, 0.29) is 0 Å². The Hall–Kier alpha value is -1.55. The molecule has 0 spiro atoms. The molecule has 4 heteroatoms. The van der Waals surface area contributed by atoms with Gasteiger partial charge in [-0.1, -0.05) is 31.1 Å². The molecule has 94 valence electrons. The molecular weight excluding hydrogens is 216 g/mol. The lowest BCUT2D eigenvalue weighted by Crippen LogP contribution is -2.32. The second kappa shape index (κ2) is 6.91. The molecule has 0 saturated carbocycles. The summed E-state index contributed by atoms with van der Waals surface area (Å²) in [6.45, 7) is 6.90. The fourth-order valence-corrected chi connectivity index (χ4v) is 1.31. The summed E-state index contributed by atoms with van der Waals surface area (Å²) in [6, 6.07) is 8.13. The van der Waals surface area contributed by atoms with E-state index in [2.05, 4.69) is 10.5 Å². The largest absolute Gasteiger partial charge is 0.487 e. The molecule has 4 nitrogen and oxygen atoms in total. The third kappa shape index (κ3) is 5.36. The molecule has 0 bridgehead atoms. The third-order valence-corrected chi connectivity index (χ3v) is 2.25. The summed E-state index contributed by atoms with van der Waals surface area (Å²) < 4.78 is 5.54. The Bertz CT molecular complexity index is 375. The van der Waals surface area contributed by atoms with Crippen molar-refractivity contribution in [2.45, 2.75) is 26.8 Å². The van der Waals surface area contributed by atoms with Gasteiger partial charge in [0.2, 0.25) is 0 Å². The zero-order valence-electron chi connectivity index (χ0n) is 10.6. The van der Waals surface area contributed by atoms with Crippen LogP contribution in [-0.4, -0.2) is 30.1 Å². The maximum absolute atomic E-state index is 8.84. The van der Waals surface area contributed by atoms with E-state index < -0.39 is 0 Å². The Morgan fingerprint density at radius 3 is 2.82 bits per heavy atom. The summed E-state index contributed by atoms with van der Waals surface area (Å²) >= 11 is 0. The summed E-state index contributed by atoms with van der Waals surface area (Å²) in [7, 11) is 0. The molecule has 1 aromatic carbocycles. The van der Waals surface area contributed by atoms with Gasteiger partial charge in [-0.2, -0.15) is 0 Å². The van der Waals surface area contributed by atoms with Gasteiger partial charge in [-0.3, -0.25) is 0 Å². The Morgan fingerprint density at radius 1 is 1.47 bits per heavy atom. The van der Waals surface area contributed by atoms with Crippen LogP contribution in [0.2, 0.25) is 0 Å². The molecule has 0 heterocycles. The lowest BCUT2D eigenvalue weighted by atomic mass is 10.2. The first-order chi connectivity index (χ1) is 8.11. The van der Waals surface area contributed by atoms with E-state index >= 15 is 0 Å². The first-order valence-electron chi connectivity index (χ1n) is 5.74. The van der Waals surface area contributed by atoms with E-state index in [0.717, 1.165) is 11.3 Å². The van der Waals surface area contributed by atoms with Crippen LogP contribution in [-0.2, 0) is 0 Å². The Balaban J connectivity index is 2.43. The molecule has 0 aliphatic rings. The zero-order valence-corrected chi connectivity index (χ0v) is 10.6. The molecule has 0 aromatic heterocycles. The van der Waals surface area contributed by atoms with Crippen molar-refractivity contribution in [1.29, 1.82) is 0 Å². The minimum absolute atomic E-state index is 0.291. The molecule has 0 atom stereocenters. The average Bonchev–Trinajstić information content (AvgIpc) is 2.29. The van der Waals surface area contributed by atoms with Crippen molar-refractivity contribution >= 4 is 5.71 Å². The maximum Gasteiger partial charge on any atom is 0.131 e. The van der Waals surface area contributed by atoms with Crippen LogP contribution in [0, 0.1) is 6.92 Å². The first-order valence-corrected chi connectivity index (χ1v) is 5.74. The highest BCUT2D eigenvalue weighted by Crippen LogP contribution is 2.12. The van der Waals surface area contributed by atoms with Gasteiger partial charge in [0.05, 0.1) is 0 Å². The van der Waals surface area contributed by atoms with Gasteiger partial charge in [-0.25, -0.2) is 0 Å². The van der Waals surface area contributed by atoms with Gasteiger partial charge < -0.3 is 15.3 Å². The predicted molar refractivity (Wildman–Crippen MR) is 69.0 cm³/mol. The van der Waals surface area contributed by atoms with Gasteiger partial charge in [0.15, 0.2) is 0 Å². The predicted octanol–water partition coefficient (Wildman–Crippen LogP) is 2.20. The summed E-state index contributed by atoms with van der Waals surface area (Å²) in [5, 5.41) is 15.2. The van der Waals surface area contributed by atoms with Crippen molar-refractivity contribution in [3.63, 3.8) is 0 Å². The van der Waals surface area contributed by atoms with Crippen molar-refractivity contribution < 1.29 is 9.94 Å². The molecule has 2 N–H and O–H groups in total. The summed E-state index contributed by atoms with van der Waals surface area (Å²) in [5.74, 6) is 0.788. The minimum Gasteiger partial charge on any atom is -0.487 e. The van der Waals surface area contributed by atoms with Crippen molar-refractivity contribution in [1.82, 2.24) is 5.32 Å². The van der Waals surface area contributed by atoms with Crippen LogP contribution in [0.4, 0.5) is 0 Å². The van der Waals surface area contributed by atoms with Crippen LogP contribution in [0.1, 0.15) is 19.4 Å². The zero-order chi connectivity index (χ0) is 12.7. The summed E-state index contributed by atoms with van der Waals surface area (Å²) in [6.07, 6.45) is 0. The number of hydrogen-bond acceptors (Lipinski definition) is 4. The van der Waals surface area contributed by atoms with Gasteiger partial charge in [0.25, 0.3) is 0 Å². The molecule has 1 aromatic rings. The molecule has 0 aliphatic heterocycles. The lowest BCUT2D eigenvalue weighted by molar-refractivity contribution is 0.305. The van der Waals surface area contributed by atoms with Gasteiger partial charge in [0.1, 0.15) is 18.1 Å². The summed E-state index contributed by atoms with van der Waals surface area (Å²) in [4.78, 5) is 0. The van der Waals surface area contributed by atoms with Crippen LogP contribution in [0.25, 0.3) is 0 Å². The smallest absolute Gasteiger partial charge is 0.131 e. The number of oxime groups is 1. The topological polar surface area (TPSA) is 53.8 Å². The van der Waals surface area contributed by atoms with Crippen LogP contribution in [0.3, 0.4) is 0 Å². The quantitative estimate of drug-likeness (QED) is 0.452. The highest BCUT2D eigenvalue weighted by Gasteiger charge is 2.03. The van der Waals surface area contributed by atoms with Gasteiger partial charge in [0, 0.05) is 12.6 Å². The van der Waals surface area contributed by atoms with E-state index in [0.29, 0.717) is 24.9 Å². The van der Waals surface area contributed by atoms with Crippen LogP contribution < -0.4 is 10.1 Å². The molecule has 17 heavy (non-hydrogen) atoms. The highest BCUT2D eigenvalue weighted by atomic mass is 16.5. The molecule has 1 rings (SSSR count). The van der Waals surface area contributed by atoms with E-state index in [1.807, 2.05) is 45.0 Å². The van der Waals surface area contributed by atoms with E-state index in [1.165, 1.54) is 0 Å². The number of nitrogens with one attached hydrogen (secondary N) is 1. The highest BCUT2D eigenvalue weighted by molar-refractivity contribution is 5.87. The molecule has 0 unspecified atom stereocenters. The molecule has 0 amide bonds. The van der Waals surface area contributed by atoms with Crippen molar-refractivity contribution in [2.24, 2.45) is 5.16 Å². The number of hydrogen-bond donors (Lipinski definition) is 2. The molecule has 0 saturated heterocycles. The monoisotopic (exact) mass is 236 g/mol. The number of benzene rings is 1. The molecule has 0 aliphatic carbocycles.